The van der Waals surface area contributed by atoms with Crippen molar-refractivity contribution in [2.24, 2.45) is 5.73 Å². The summed E-state index contributed by atoms with van der Waals surface area (Å²) in [6.45, 7) is 1.02. The molecule has 5 heteroatoms. The van der Waals surface area contributed by atoms with E-state index in [0.29, 0.717) is 41.7 Å². The van der Waals surface area contributed by atoms with Crippen molar-refractivity contribution < 1.29 is 13.9 Å². The van der Waals surface area contributed by atoms with Gasteiger partial charge in [-0.05, 0) is 30.2 Å². The molecule has 0 spiro atoms. The monoisotopic (exact) mass is 307 g/mol. The van der Waals surface area contributed by atoms with Crippen LogP contribution >= 0.6 is 11.6 Å². The summed E-state index contributed by atoms with van der Waals surface area (Å²) in [5, 5.41) is 0.374. The highest BCUT2D eigenvalue weighted by molar-refractivity contribution is 6.30. The Balaban J connectivity index is 1.87. The van der Waals surface area contributed by atoms with Crippen LogP contribution < -0.4 is 15.2 Å². The molecule has 21 heavy (non-hydrogen) atoms. The Morgan fingerprint density at radius 3 is 2.81 bits per heavy atom. The zero-order chi connectivity index (χ0) is 14.8. The van der Waals surface area contributed by atoms with Crippen molar-refractivity contribution in [1.82, 2.24) is 0 Å². The molecule has 1 heterocycles. The fourth-order valence-electron chi connectivity index (χ4n) is 2.42. The first-order chi connectivity index (χ1) is 10.1. The van der Waals surface area contributed by atoms with Crippen LogP contribution in [0.1, 0.15) is 17.2 Å². The smallest absolute Gasteiger partial charge is 0.166 e. The lowest BCUT2D eigenvalue weighted by Gasteiger charge is -2.23. The van der Waals surface area contributed by atoms with Gasteiger partial charge in [-0.25, -0.2) is 4.39 Å². The first kappa shape index (κ1) is 14.2. The number of halogens is 2. The van der Waals surface area contributed by atoms with Gasteiger partial charge in [-0.15, -0.1) is 0 Å². The molecule has 110 valence electrons. The molecular formula is C16H15ClFNO2. The number of hydrogen-bond acceptors (Lipinski definition) is 3. The molecule has 0 amide bonds. The predicted octanol–water partition coefficient (Wildman–Crippen LogP) is 3.49. The van der Waals surface area contributed by atoms with E-state index in [0.717, 1.165) is 5.56 Å². The zero-order valence-electron chi connectivity index (χ0n) is 11.3. The van der Waals surface area contributed by atoms with E-state index < -0.39 is 0 Å². The van der Waals surface area contributed by atoms with Crippen molar-refractivity contribution in [3.05, 3.63) is 58.4 Å². The van der Waals surface area contributed by atoms with Gasteiger partial charge in [-0.1, -0.05) is 29.8 Å². The number of fused-ring (bicyclic) bond motifs is 1. The molecule has 0 aliphatic carbocycles. The van der Waals surface area contributed by atoms with Crippen molar-refractivity contribution in [3.63, 3.8) is 0 Å². The van der Waals surface area contributed by atoms with E-state index in [4.69, 9.17) is 26.8 Å². The lowest BCUT2D eigenvalue weighted by Crippen LogP contribution is -2.20. The SMILES string of the molecule is NC(Cc1ccc(Cl)cc1F)c1cccc2c1OCCO2. The third-order valence-corrected chi connectivity index (χ3v) is 3.69. The van der Waals surface area contributed by atoms with E-state index in [9.17, 15) is 4.39 Å². The molecule has 0 bridgehead atoms. The molecule has 0 aromatic heterocycles. The largest absolute Gasteiger partial charge is 0.486 e. The van der Waals surface area contributed by atoms with E-state index >= 15 is 0 Å². The van der Waals surface area contributed by atoms with Crippen molar-refractivity contribution in [2.45, 2.75) is 12.5 Å². The maximum atomic E-state index is 13.9. The molecule has 1 atom stereocenters. The van der Waals surface area contributed by atoms with Crippen molar-refractivity contribution in [1.29, 1.82) is 0 Å². The number of hydrogen-bond donors (Lipinski definition) is 1. The van der Waals surface area contributed by atoms with Gasteiger partial charge in [0.1, 0.15) is 19.0 Å². The van der Waals surface area contributed by atoms with Crippen LogP contribution in [-0.2, 0) is 6.42 Å². The number of para-hydroxylation sites is 1. The van der Waals surface area contributed by atoms with Gasteiger partial charge in [0.15, 0.2) is 11.5 Å². The van der Waals surface area contributed by atoms with Crippen molar-refractivity contribution in [3.8, 4) is 11.5 Å². The quantitative estimate of drug-likeness (QED) is 0.944. The van der Waals surface area contributed by atoms with Crippen molar-refractivity contribution >= 4 is 11.6 Å². The van der Waals surface area contributed by atoms with Gasteiger partial charge < -0.3 is 15.2 Å². The maximum Gasteiger partial charge on any atom is 0.166 e. The standard InChI is InChI=1S/C16H15ClFNO2/c17-11-5-4-10(13(18)9-11)8-14(19)12-2-1-3-15-16(12)21-7-6-20-15/h1-5,9,14H,6-8,19H2. The molecule has 2 aromatic rings. The molecule has 1 unspecified atom stereocenters. The summed E-state index contributed by atoms with van der Waals surface area (Å²) in [7, 11) is 0. The Bertz CT molecular complexity index is 663. The molecule has 3 rings (SSSR count). The second-order valence-electron chi connectivity index (χ2n) is 4.92. The third kappa shape index (κ3) is 2.96. The summed E-state index contributed by atoms with van der Waals surface area (Å²) in [4.78, 5) is 0. The number of nitrogens with two attached hydrogens (primary N) is 1. The van der Waals surface area contributed by atoms with E-state index in [1.165, 1.54) is 6.07 Å². The van der Waals surface area contributed by atoms with Crippen LogP contribution in [-0.4, -0.2) is 13.2 Å². The molecule has 0 radical (unpaired) electrons. The second-order valence-corrected chi connectivity index (χ2v) is 5.35. The van der Waals surface area contributed by atoms with Crippen LogP contribution in [0.2, 0.25) is 5.02 Å². The van der Waals surface area contributed by atoms with Gasteiger partial charge in [-0.2, -0.15) is 0 Å². The zero-order valence-corrected chi connectivity index (χ0v) is 12.1. The van der Waals surface area contributed by atoms with E-state index in [2.05, 4.69) is 0 Å². The topological polar surface area (TPSA) is 44.5 Å². The average molecular weight is 308 g/mol. The fraction of sp³-hybridized carbons (Fsp3) is 0.250. The number of rotatable bonds is 3. The van der Waals surface area contributed by atoms with Crippen molar-refractivity contribution in [2.75, 3.05) is 13.2 Å². The minimum atomic E-state index is -0.377. The minimum Gasteiger partial charge on any atom is -0.486 e. The number of ether oxygens (including phenoxy) is 2. The first-order valence-electron chi connectivity index (χ1n) is 6.73. The molecule has 1 aliphatic rings. The molecular weight excluding hydrogens is 293 g/mol. The van der Waals surface area contributed by atoms with E-state index in [1.54, 1.807) is 12.1 Å². The molecule has 0 saturated carbocycles. The lowest BCUT2D eigenvalue weighted by atomic mass is 9.98. The molecule has 0 fully saturated rings. The molecule has 2 aromatic carbocycles. The van der Waals surface area contributed by atoms with Gasteiger partial charge >= 0.3 is 0 Å². The van der Waals surface area contributed by atoms with Crippen LogP contribution in [0.15, 0.2) is 36.4 Å². The summed E-state index contributed by atoms with van der Waals surface area (Å²) >= 11 is 5.76. The Kier molecular flexibility index (Phi) is 3.99. The summed E-state index contributed by atoms with van der Waals surface area (Å²) in [6.07, 6.45) is 0.364. The summed E-state index contributed by atoms with van der Waals surface area (Å²) in [5.41, 5.74) is 7.57. The summed E-state index contributed by atoms with van der Waals surface area (Å²) in [5.74, 6) is 0.997. The van der Waals surface area contributed by atoms with Gasteiger partial charge in [0.2, 0.25) is 0 Å². The average Bonchev–Trinajstić information content (AvgIpc) is 2.49. The van der Waals surface area contributed by atoms with Crippen LogP contribution in [0.3, 0.4) is 0 Å². The fourth-order valence-corrected chi connectivity index (χ4v) is 2.58. The molecule has 0 saturated heterocycles. The Morgan fingerprint density at radius 1 is 1.19 bits per heavy atom. The predicted molar refractivity (Wildman–Crippen MR) is 79.5 cm³/mol. The van der Waals surface area contributed by atoms with Gasteiger partial charge in [0.05, 0.1) is 0 Å². The summed E-state index contributed by atoms with van der Waals surface area (Å²) < 4.78 is 25.0. The molecule has 2 N–H and O–H groups in total. The van der Waals surface area contributed by atoms with E-state index in [-0.39, 0.29) is 11.9 Å². The van der Waals surface area contributed by atoms with Crippen LogP contribution in [0.4, 0.5) is 4.39 Å². The normalized spacial score (nSPS) is 14.8. The highest BCUT2D eigenvalue weighted by atomic mass is 35.5. The minimum absolute atomic E-state index is 0.347. The van der Waals surface area contributed by atoms with Gasteiger partial charge in [0, 0.05) is 16.6 Å². The lowest BCUT2D eigenvalue weighted by molar-refractivity contribution is 0.169. The van der Waals surface area contributed by atoms with Crippen LogP contribution in [0.25, 0.3) is 0 Å². The maximum absolute atomic E-state index is 13.9. The Hall–Kier alpha value is -1.78. The van der Waals surface area contributed by atoms with Gasteiger partial charge in [-0.3, -0.25) is 0 Å². The Morgan fingerprint density at radius 2 is 2.00 bits per heavy atom. The highest BCUT2D eigenvalue weighted by Crippen LogP contribution is 2.37. The highest BCUT2D eigenvalue weighted by Gasteiger charge is 2.20. The second kappa shape index (κ2) is 5.92. The van der Waals surface area contributed by atoms with Crippen LogP contribution in [0.5, 0.6) is 11.5 Å². The number of benzene rings is 2. The first-order valence-corrected chi connectivity index (χ1v) is 7.11. The molecule has 1 aliphatic heterocycles. The van der Waals surface area contributed by atoms with E-state index in [1.807, 2.05) is 18.2 Å². The molecule has 3 nitrogen and oxygen atoms in total. The third-order valence-electron chi connectivity index (χ3n) is 3.45. The Labute approximate surface area is 127 Å². The summed E-state index contributed by atoms with van der Waals surface area (Å²) in [6, 6.07) is 9.82. The van der Waals surface area contributed by atoms with Crippen LogP contribution in [0, 0.1) is 5.82 Å². The van der Waals surface area contributed by atoms with Gasteiger partial charge in [0.25, 0.3) is 0 Å².